The molecule has 1 aromatic heterocycles. The van der Waals surface area contributed by atoms with Crippen molar-refractivity contribution in [3.63, 3.8) is 0 Å². The number of hydrogen-bond acceptors (Lipinski definition) is 5. The Morgan fingerprint density at radius 1 is 1.21 bits per heavy atom. The van der Waals surface area contributed by atoms with Crippen molar-refractivity contribution < 1.29 is 22.8 Å². The molecule has 24 heavy (non-hydrogen) atoms. The first-order valence-corrected chi connectivity index (χ1v) is 6.42. The molecule has 0 bridgehead atoms. The molecule has 1 aromatic carbocycles. The van der Waals surface area contributed by atoms with Crippen LogP contribution < -0.4 is 16.0 Å². The molecule has 2 rings (SSSR count). The lowest BCUT2D eigenvalue weighted by atomic mass is 10.2. The van der Waals surface area contributed by atoms with Crippen molar-refractivity contribution in [2.24, 2.45) is 0 Å². The number of aromatic amines is 1. The van der Waals surface area contributed by atoms with Crippen LogP contribution in [0.1, 0.15) is 5.56 Å². The maximum atomic E-state index is 12.0. The van der Waals surface area contributed by atoms with Crippen LogP contribution in [-0.2, 0) is 6.54 Å². The van der Waals surface area contributed by atoms with Gasteiger partial charge in [-0.15, -0.1) is 0 Å². The van der Waals surface area contributed by atoms with Crippen molar-refractivity contribution in [2.75, 3.05) is 6.61 Å². The van der Waals surface area contributed by atoms with Gasteiger partial charge in [0.1, 0.15) is 5.75 Å². The van der Waals surface area contributed by atoms with E-state index in [1.165, 1.54) is 24.3 Å². The molecule has 0 saturated heterocycles. The third kappa shape index (κ3) is 4.44. The monoisotopic (exact) mass is 345 g/mol. The first kappa shape index (κ1) is 17.2. The van der Waals surface area contributed by atoms with Crippen LogP contribution in [0, 0.1) is 10.1 Å². The zero-order valence-corrected chi connectivity index (χ0v) is 11.9. The average molecular weight is 345 g/mol. The molecular formula is C13H10F3N3O5. The molecule has 0 spiro atoms. The zero-order valence-electron chi connectivity index (χ0n) is 11.9. The highest BCUT2D eigenvalue weighted by molar-refractivity contribution is 5.28. The van der Waals surface area contributed by atoms with Gasteiger partial charge in [0, 0.05) is 0 Å². The number of nitrogens with zero attached hydrogens (tertiary/aromatic N) is 2. The molecule has 0 atom stereocenters. The normalized spacial score (nSPS) is 11.3. The summed E-state index contributed by atoms with van der Waals surface area (Å²) in [6.07, 6.45) is -3.66. The molecule has 0 aliphatic carbocycles. The fourth-order valence-electron chi connectivity index (χ4n) is 1.80. The third-order valence-corrected chi connectivity index (χ3v) is 2.87. The maximum absolute atomic E-state index is 12.0. The summed E-state index contributed by atoms with van der Waals surface area (Å²) < 4.78 is 41.6. The van der Waals surface area contributed by atoms with Gasteiger partial charge in [-0.25, -0.2) is 4.79 Å². The first-order valence-electron chi connectivity index (χ1n) is 6.42. The predicted octanol–water partition coefficient (Wildman–Crippen LogP) is 1.43. The van der Waals surface area contributed by atoms with E-state index in [0.717, 1.165) is 10.8 Å². The van der Waals surface area contributed by atoms with Gasteiger partial charge in [0.05, 0.1) is 17.7 Å². The highest BCUT2D eigenvalue weighted by atomic mass is 19.4. The average Bonchev–Trinajstić information content (AvgIpc) is 2.48. The number of halogens is 3. The number of H-pyrrole nitrogens is 1. The van der Waals surface area contributed by atoms with Crippen LogP contribution in [0.3, 0.4) is 0 Å². The second-order valence-electron chi connectivity index (χ2n) is 4.71. The van der Waals surface area contributed by atoms with Gasteiger partial charge >= 0.3 is 23.1 Å². The summed E-state index contributed by atoms with van der Waals surface area (Å²) in [5, 5.41) is 10.7. The molecule has 0 aliphatic heterocycles. The van der Waals surface area contributed by atoms with Crippen LogP contribution in [0.4, 0.5) is 18.9 Å². The molecule has 2 aromatic rings. The van der Waals surface area contributed by atoms with Crippen molar-refractivity contribution >= 4 is 5.69 Å². The van der Waals surface area contributed by atoms with Crippen LogP contribution in [0.15, 0.2) is 40.1 Å². The zero-order chi connectivity index (χ0) is 17.9. The number of nitro groups is 1. The van der Waals surface area contributed by atoms with Crippen molar-refractivity contribution in [3.8, 4) is 5.75 Å². The fourth-order valence-corrected chi connectivity index (χ4v) is 1.80. The number of benzene rings is 1. The van der Waals surface area contributed by atoms with Crippen LogP contribution in [0.25, 0.3) is 0 Å². The standard InChI is InChI=1S/C13H10F3N3O5/c14-13(15,16)7-24-9-3-1-8(2-4-9)5-18-6-10(19(22)23)11(20)17-12(18)21/h1-4,6H,5,7H2,(H,17,20,21). The van der Waals surface area contributed by atoms with Gasteiger partial charge in [0.25, 0.3) is 0 Å². The summed E-state index contributed by atoms with van der Waals surface area (Å²) in [5.41, 5.74) is -2.28. The van der Waals surface area contributed by atoms with Gasteiger partial charge in [-0.3, -0.25) is 24.5 Å². The van der Waals surface area contributed by atoms with E-state index in [4.69, 9.17) is 0 Å². The minimum atomic E-state index is -4.46. The molecule has 1 heterocycles. The van der Waals surface area contributed by atoms with Gasteiger partial charge in [-0.05, 0) is 17.7 Å². The Kier molecular flexibility index (Phi) is 4.71. The first-order chi connectivity index (χ1) is 11.2. The van der Waals surface area contributed by atoms with Crippen LogP contribution in [-0.4, -0.2) is 27.3 Å². The molecular weight excluding hydrogens is 335 g/mol. The molecule has 11 heteroatoms. The topological polar surface area (TPSA) is 107 Å². The second-order valence-corrected chi connectivity index (χ2v) is 4.71. The number of aromatic nitrogens is 2. The summed E-state index contributed by atoms with van der Waals surface area (Å²) >= 11 is 0. The Morgan fingerprint density at radius 3 is 2.38 bits per heavy atom. The van der Waals surface area contributed by atoms with Crippen molar-refractivity contribution in [1.82, 2.24) is 9.55 Å². The van der Waals surface area contributed by atoms with Gasteiger partial charge in [0.2, 0.25) is 0 Å². The lowest BCUT2D eigenvalue weighted by molar-refractivity contribution is -0.386. The largest absolute Gasteiger partial charge is 0.484 e. The number of alkyl halides is 3. The number of ether oxygens (including phenoxy) is 1. The van der Waals surface area contributed by atoms with Crippen LogP contribution in [0.5, 0.6) is 5.75 Å². The molecule has 0 aliphatic rings. The lowest BCUT2D eigenvalue weighted by Crippen LogP contribution is -2.31. The van der Waals surface area contributed by atoms with Crippen molar-refractivity contribution in [2.45, 2.75) is 12.7 Å². The summed E-state index contributed by atoms with van der Waals surface area (Å²) in [6.45, 7) is -1.55. The van der Waals surface area contributed by atoms with Crippen LogP contribution >= 0.6 is 0 Å². The Labute approximate surface area is 131 Å². The van der Waals surface area contributed by atoms with Gasteiger partial charge in [-0.2, -0.15) is 13.2 Å². The van der Waals surface area contributed by atoms with Crippen LogP contribution in [0.2, 0.25) is 0 Å². The maximum Gasteiger partial charge on any atom is 0.422 e. The van der Waals surface area contributed by atoms with E-state index in [1.54, 1.807) is 0 Å². The molecule has 128 valence electrons. The van der Waals surface area contributed by atoms with Gasteiger partial charge < -0.3 is 4.74 Å². The Morgan fingerprint density at radius 2 is 1.83 bits per heavy atom. The summed E-state index contributed by atoms with van der Waals surface area (Å²) in [7, 11) is 0. The van der Waals surface area contributed by atoms with Gasteiger partial charge in [0.15, 0.2) is 6.61 Å². The predicted molar refractivity (Wildman–Crippen MR) is 75.1 cm³/mol. The van der Waals surface area contributed by atoms with E-state index in [0.29, 0.717) is 5.56 Å². The fraction of sp³-hybridized carbons (Fsp3) is 0.231. The minimum Gasteiger partial charge on any atom is -0.484 e. The number of rotatable bonds is 5. The Hall–Kier alpha value is -3.11. The van der Waals surface area contributed by atoms with E-state index in [-0.39, 0.29) is 12.3 Å². The van der Waals surface area contributed by atoms with Crippen molar-refractivity contribution in [1.29, 1.82) is 0 Å². The lowest BCUT2D eigenvalue weighted by Gasteiger charge is -2.10. The van der Waals surface area contributed by atoms with Gasteiger partial charge in [-0.1, -0.05) is 12.1 Å². The van der Waals surface area contributed by atoms with E-state index in [2.05, 4.69) is 4.74 Å². The Balaban J connectivity index is 2.17. The molecule has 0 fully saturated rings. The third-order valence-electron chi connectivity index (χ3n) is 2.87. The summed E-state index contributed by atoms with van der Waals surface area (Å²) in [4.78, 5) is 34.5. The molecule has 8 nitrogen and oxygen atoms in total. The number of nitrogens with one attached hydrogen (secondary N) is 1. The molecule has 1 N–H and O–H groups in total. The summed E-state index contributed by atoms with van der Waals surface area (Å²) in [5.74, 6) is -0.0177. The van der Waals surface area contributed by atoms with E-state index < -0.39 is 34.6 Å². The minimum absolute atomic E-state index is 0.0177. The highest BCUT2D eigenvalue weighted by Gasteiger charge is 2.28. The van der Waals surface area contributed by atoms with E-state index in [9.17, 15) is 32.9 Å². The van der Waals surface area contributed by atoms with Crippen molar-refractivity contribution in [3.05, 3.63) is 67.0 Å². The Bertz CT molecular complexity index is 855. The highest BCUT2D eigenvalue weighted by Crippen LogP contribution is 2.19. The second kappa shape index (κ2) is 6.56. The summed E-state index contributed by atoms with van der Waals surface area (Å²) in [6, 6.07) is 5.34. The SMILES string of the molecule is O=c1[nH]c(=O)n(Cc2ccc(OCC(F)(F)F)cc2)cc1[N+](=O)[O-]. The number of hydrogen-bond donors (Lipinski definition) is 1. The smallest absolute Gasteiger partial charge is 0.422 e. The molecule has 0 saturated carbocycles. The molecule has 0 unspecified atom stereocenters. The molecule has 0 amide bonds. The molecule has 0 radical (unpaired) electrons. The van der Waals surface area contributed by atoms with E-state index in [1.807, 2.05) is 4.98 Å². The van der Waals surface area contributed by atoms with E-state index >= 15 is 0 Å². The quantitative estimate of drug-likeness (QED) is 0.652.